The minimum absolute atomic E-state index is 0.0240. The summed E-state index contributed by atoms with van der Waals surface area (Å²) in [6.07, 6.45) is 5.95. The maximum atomic E-state index is 12.8. The molecule has 1 aliphatic rings. The van der Waals surface area contributed by atoms with Gasteiger partial charge in [-0.25, -0.2) is 0 Å². The first-order valence-electron chi connectivity index (χ1n) is 12.0. The fourth-order valence-corrected chi connectivity index (χ4v) is 4.32. The summed E-state index contributed by atoms with van der Waals surface area (Å²) in [5, 5.41) is 3.19. The van der Waals surface area contributed by atoms with Gasteiger partial charge in [0.15, 0.2) is 0 Å². The topological polar surface area (TPSA) is 54.5 Å². The van der Waals surface area contributed by atoms with Crippen LogP contribution in [0.4, 0.5) is 0 Å². The standard InChI is InChI=1S/C28H33N3O2/c1-2-8-27(22-9-4-3-5-10-22)30-28(32)23-12-14-25(15-13-23)33-26-16-19-31(20-17-26)21-24-11-6-7-18-29-24/h3-7,9-15,18,26-27H,2,8,16-17,19-21H2,1H3,(H,30,32)/t27-/m1/s1. The molecule has 1 amide bonds. The second kappa shape index (κ2) is 11.6. The van der Waals surface area contributed by atoms with E-state index in [0.717, 1.165) is 62.3 Å². The molecule has 5 nitrogen and oxygen atoms in total. The largest absolute Gasteiger partial charge is 0.490 e. The summed E-state index contributed by atoms with van der Waals surface area (Å²) in [7, 11) is 0. The van der Waals surface area contributed by atoms with Crippen LogP contribution in [0.5, 0.6) is 5.75 Å². The Hall–Kier alpha value is -3.18. The maximum Gasteiger partial charge on any atom is 0.251 e. The Morgan fingerprint density at radius 3 is 2.42 bits per heavy atom. The van der Waals surface area contributed by atoms with Crippen LogP contribution >= 0.6 is 0 Å². The van der Waals surface area contributed by atoms with E-state index in [4.69, 9.17) is 4.74 Å². The van der Waals surface area contributed by atoms with Gasteiger partial charge in [-0.3, -0.25) is 14.7 Å². The number of carbonyl (C=O) groups is 1. The summed E-state index contributed by atoms with van der Waals surface area (Å²) < 4.78 is 6.20. The summed E-state index contributed by atoms with van der Waals surface area (Å²) >= 11 is 0. The number of likely N-dealkylation sites (tertiary alicyclic amines) is 1. The Morgan fingerprint density at radius 2 is 1.76 bits per heavy atom. The van der Waals surface area contributed by atoms with Gasteiger partial charge >= 0.3 is 0 Å². The monoisotopic (exact) mass is 443 g/mol. The van der Waals surface area contributed by atoms with Gasteiger partial charge < -0.3 is 10.1 Å². The number of piperidine rings is 1. The Kier molecular flexibility index (Phi) is 8.09. The summed E-state index contributed by atoms with van der Waals surface area (Å²) in [4.78, 5) is 19.7. The molecular weight excluding hydrogens is 410 g/mol. The second-order valence-electron chi connectivity index (χ2n) is 8.66. The molecule has 2 aromatic carbocycles. The zero-order chi connectivity index (χ0) is 22.9. The van der Waals surface area contributed by atoms with Crippen molar-refractivity contribution < 1.29 is 9.53 Å². The highest BCUT2D eigenvalue weighted by atomic mass is 16.5. The van der Waals surface area contributed by atoms with E-state index in [-0.39, 0.29) is 18.1 Å². The van der Waals surface area contributed by atoms with Crippen LogP contribution in [0, 0.1) is 0 Å². The molecule has 3 aromatic rings. The smallest absolute Gasteiger partial charge is 0.251 e. The zero-order valence-corrected chi connectivity index (χ0v) is 19.3. The van der Waals surface area contributed by atoms with E-state index in [1.165, 1.54) is 0 Å². The fraction of sp³-hybridized carbons (Fsp3) is 0.357. The Balaban J connectivity index is 1.27. The van der Waals surface area contributed by atoms with Crippen LogP contribution in [-0.4, -0.2) is 35.0 Å². The van der Waals surface area contributed by atoms with Crippen LogP contribution in [0.25, 0.3) is 0 Å². The van der Waals surface area contributed by atoms with Gasteiger partial charge in [-0.2, -0.15) is 0 Å². The van der Waals surface area contributed by atoms with Crippen molar-refractivity contribution in [2.24, 2.45) is 0 Å². The van der Waals surface area contributed by atoms with E-state index in [0.29, 0.717) is 5.56 Å². The van der Waals surface area contributed by atoms with Gasteiger partial charge in [0.25, 0.3) is 5.91 Å². The van der Waals surface area contributed by atoms with Crippen LogP contribution in [-0.2, 0) is 6.54 Å². The molecule has 1 fully saturated rings. The maximum absolute atomic E-state index is 12.8. The third-order valence-electron chi connectivity index (χ3n) is 6.15. The van der Waals surface area contributed by atoms with Gasteiger partial charge in [0.2, 0.25) is 0 Å². The summed E-state index contributed by atoms with van der Waals surface area (Å²) in [5.74, 6) is 0.773. The fourth-order valence-electron chi connectivity index (χ4n) is 4.32. The van der Waals surface area contributed by atoms with E-state index < -0.39 is 0 Å². The Labute approximate surface area is 196 Å². The molecule has 4 rings (SSSR count). The number of pyridine rings is 1. The number of ether oxygens (including phenoxy) is 1. The van der Waals surface area contributed by atoms with Crippen LogP contribution < -0.4 is 10.1 Å². The van der Waals surface area contributed by atoms with Gasteiger partial charge in [-0.15, -0.1) is 0 Å². The lowest BCUT2D eigenvalue weighted by Crippen LogP contribution is -2.37. The van der Waals surface area contributed by atoms with Crippen molar-refractivity contribution in [1.29, 1.82) is 0 Å². The molecular formula is C28H33N3O2. The third kappa shape index (κ3) is 6.65. The third-order valence-corrected chi connectivity index (χ3v) is 6.15. The molecule has 5 heteroatoms. The minimum atomic E-state index is -0.0494. The van der Waals surface area contributed by atoms with E-state index in [2.05, 4.69) is 40.3 Å². The number of amides is 1. The van der Waals surface area contributed by atoms with Crippen molar-refractivity contribution in [3.8, 4) is 5.75 Å². The zero-order valence-electron chi connectivity index (χ0n) is 19.3. The number of carbonyl (C=O) groups excluding carboxylic acids is 1. The average Bonchev–Trinajstić information content (AvgIpc) is 2.86. The predicted octanol–water partition coefficient (Wildman–Crippen LogP) is 5.40. The van der Waals surface area contributed by atoms with Gasteiger partial charge in [-0.05, 0) is 61.2 Å². The lowest BCUT2D eigenvalue weighted by atomic mass is 10.0. The van der Waals surface area contributed by atoms with Crippen molar-refractivity contribution >= 4 is 5.91 Å². The molecule has 0 spiro atoms. The molecule has 33 heavy (non-hydrogen) atoms. The molecule has 1 saturated heterocycles. The van der Waals surface area contributed by atoms with Crippen molar-refractivity contribution in [2.45, 2.75) is 51.3 Å². The molecule has 0 saturated carbocycles. The van der Waals surface area contributed by atoms with E-state index in [1.54, 1.807) is 0 Å². The quantitative estimate of drug-likeness (QED) is 0.481. The minimum Gasteiger partial charge on any atom is -0.490 e. The van der Waals surface area contributed by atoms with Gasteiger partial charge in [0.05, 0.1) is 11.7 Å². The normalized spacial score (nSPS) is 15.7. The molecule has 0 aliphatic carbocycles. The van der Waals surface area contributed by atoms with Gasteiger partial charge in [-0.1, -0.05) is 49.7 Å². The molecule has 0 unspecified atom stereocenters. The van der Waals surface area contributed by atoms with Crippen LogP contribution in [0.2, 0.25) is 0 Å². The van der Waals surface area contributed by atoms with Crippen LogP contribution in [0.3, 0.4) is 0 Å². The predicted molar refractivity (Wildman–Crippen MR) is 131 cm³/mol. The molecule has 1 atom stereocenters. The lowest BCUT2D eigenvalue weighted by Gasteiger charge is -2.31. The molecule has 1 aromatic heterocycles. The van der Waals surface area contributed by atoms with E-state index in [1.807, 2.05) is 60.8 Å². The molecule has 1 aliphatic heterocycles. The first-order chi connectivity index (χ1) is 16.2. The molecule has 2 heterocycles. The average molecular weight is 444 g/mol. The van der Waals surface area contributed by atoms with Crippen molar-refractivity contribution in [1.82, 2.24) is 15.2 Å². The number of benzene rings is 2. The highest BCUT2D eigenvalue weighted by Gasteiger charge is 2.21. The SMILES string of the molecule is CCC[C@@H](NC(=O)c1ccc(OC2CCN(Cc3ccccn3)CC2)cc1)c1ccccc1. The van der Waals surface area contributed by atoms with Crippen LogP contribution in [0.1, 0.15) is 60.3 Å². The number of hydrogen-bond acceptors (Lipinski definition) is 4. The summed E-state index contributed by atoms with van der Waals surface area (Å²) in [6.45, 7) is 5.02. The molecule has 0 radical (unpaired) electrons. The highest BCUT2D eigenvalue weighted by molar-refractivity contribution is 5.94. The molecule has 0 bridgehead atoms. The Bertz CT molecular complexity index is 985. The van der Waals surface area contributed by atoms with Crippen molar-refractivity contribution in [2.75, 3.05) is 13.1 Å². The highest BCUT2D eigenvalue weighted by Crippen LogP contribution is 2.22. The van der Waals surface area contributed by atoms with E-state index >= 15 is 0 Å². The number of hydrogen-bond donors (Lipinski definition) is 1. The number of aromatic nitrogens is 1. The molecule has 172 valence electrons. The number of nitrogens with one attached hydrogen (secondary N) is 1. The van der Waals surface area contributed by atoms with Crippen molar-refractivity contribution in [3.05, 3.63) is 95.8 Å². The lowest BCUT2D eigenvalue weighted by molar-refractivity contribution is 0.0932. The van der Waals surface area contributed by atoms with Crippen LogP contribution in [0.15, 0.2) is 79.0 Å². The first-order valence-corrected chi connectivity index (χ1v) is 12.0. The summed E-state index contributed by atoms with van der Waals surface area (Å²) in [5.41, 5.74) is 2.91. The van der Waals surface area contributed by atoms with Crippen molar-refractivity contribution in [3.63, 3.8) is 0 Å². The number of rotatable bonds is 9. The van der Waals surface area contributed by atoms with Gasteiger partial charge in [0.1, 0.15) is 11.9 Å². The summed E-state index contributed by atoms with van der Waals surface area (Å²) in [6, 6.07) is 23.8. The molecule has 1 N–H and O–H groups in total. The number of nitrogens with zero attached hydrogens (tertiary/aromatic N) is 2. The van der Waals surface area contributed by atoms with E-state index in [9.17, 15) is 4.79 Å². The van der Waals surface area contributed by atoms with Gasteiger partial charge in [0, 0.05) is 31.4 Å². The first kappa shape index (κ1) is 23.0. The second-order valence-corrected chi connectivity index (χ2v) is 8.66. The Morgan fingerprint density at radius 1 is 1.03 bits per heavy atom.